The molecule has 0 atom stereocenters. The maximum absolute atomic E-state index is 4.98. The van der Waals surface area contributed by atoms with Gasteiger partial charge in [-0.1, -0.05) is 72.8 Å². The molecule has 0 saturated heterocycles. The minimum Gasteiger partial charge on any atom is -0.233 e. The van der Waals surface area contributed by atoms with E-state index in [9.17, 15) is 0 Å². The number of hydrogen-bond donors (Lipinski definition) is 0. The summed E-state index contributed by atoms with van der Waals surface area (Å²) in [6, 6.07) is 36.4. The molecule has 2 aromatic carbocycles. The van der Waals surface area contributed by atoms with E-state index in [2.05, 4.69) is 38.1 Å². The van der Waals surface area contributed by atoms with Crippen LogP contribution in [-0.4, -0.2) is 29.5 Å². The molecule has 0 spiro atoms. The first kappa shape index (κ1) is 22.6. The van der Waals surface area contributed by atoms with Crippen molar-refractivity contribution in [2.24, 2.45) is 0 Å². The third kappa shape index (κ3) is 4.45. The Morgan fingerprint density at radius 1 is 0.486 bits per heavy atom. The second-order valence-electron chi connectivity index (χ2n) is 9.41. The number of aromatic nitrogens is 6. The summed E-state index contributed by atoms with van der Waals surface area (Å²) in [6.07, 6.45) is 3.89. The Kier molecular flexibility index (Phi) is 5.69. The van der Waals surface area contributed by atoms with Gasteiger partial charge in [-0.2, -0.15) is 10.2 Å². The van der Waals surface area contributed by atoms with E-state index in [1.54, 1.807) is 0 Å². The van der Waals surface area contributed by atoms with E-state index in [1.807, 2.05) is 107 Å². The molecule has 0 saturated carbocycles. The predicted octanol–water partition coefficient (Wildman–Crippen LogP) is 6.51. The van der Waals surface area contributed by atoms with Crippen molar-refractivity contribution in [3.05, 3.63) is 133 Å². The summed E-state index contributed by atoms with van der Waals surface area (Å²) < 4.78 is 3.64. The molecule has 4 aromatic heterocycles. The molecule has 0 N–H and O–H groups in total. The van der Waals surface area contributed by atoms with Crippen LogP contribution in [0.4, 0.5) is 0 Å². The molecule has 0 radical (unpaired) electrons. The Morgan fingerprint density at radius 2 is 0.919 bits per heavy atom. The average Bonchev–Trinajstić information content (AvgIpc) is 3.65. The van der Waals surface area contributed by atoms with Gasteiger partial charge in [0.15, 0.2) is 11.6 Å². The SMILES string of the molecule is CC(C)(c1cccc(-n2ccc(-c3ccccc3)n2)n1)c1cccc(-n2ccc(-c3ccccc3)n2)n1. The molecule has 37 heavy (non-hydrogen) atoms. The Morgan fingerprint density at radius 3 is 1.35 bits per heavy atom. The van der Waals surface area contributed by atoms with Crippen molar-refractivity contribution in [2.75, 3.05) is 0 Å². The number of rotatable bonds is 6. The highest BCUT2D eigenvalue weighted by molar-refractivity contribution is 5.59. The van der Waals surface area contributed by atoms with Crippen LogP contribution in [-0.2, 0) is 5.41 Å². The summed E-state index contributed by atoms with van der Waals surface area (Å²) in [5.74, 6) is 1.53. The van der Waals surface area contributed by atoms with Crippen molar-refractivity contribution < 1.29 is 0 Å². The first-order valence-corrected chi connectivity index (χ1v) is 12.3. The lowest BCUT2D eigenvalue weighted by atomic mass is 9.84. The number of hydrogen-bond acceptors (Lipinski definition) is 4. The van der Waals surface area contributed by atoms with Crippen LogP contribution in [0, 0.1) is 0 Å². The minimum absolute atomic E-state index is 0.434. The fourth-order valence-corrected chi connectivity index (χ4v) is 4.36. The Labute approximate surface area is 215 Å². The third-order valence-corrected chi connectivity index (χ3v) is 6.54. The van der Waals surface area contributed by atoms with Gasteiger partial charge in [0.1, 0.15) is 0 Å². The van der Waals surface area contributed by atoms with Crippen molar-refractivity contribution in [3.63, 3.8) is 0 Å². The second-order valence-corrected chi connectivity index (χ2v) is 9.41. The predicted molar refractivity (Wildman–Crippen MR) is 146 cm³/mol. The van der Waals surface area contributed by atoms with Gasteiger partial charge in [-0.25, -0.2) is 19.3 Å². The highest BCUT2D eigenvalue weighted by Gasteiger charge is 2.27. The van der Waals surface area contributed by atoms with Crippen molar-refractivity contribution in [1.29, 1.82) is 0 Å². The van der Waals surface area contributed by atoms with Crippen molar-refractivity contribution >= 4 is 0 Å². The van der Waals surface area contributed by atoms with Crippen LogP contribution >= 0.6 is 0 Å². The zero-order valence-electron chi connectivity index (χ0n) is 20.7. The van der Waals surface area contributed by atoms with Crippen molar-refractivity contribution in [1.82, 2.24) is 29.5 Å². The van der Waals surface area contributed by atoms with Crippen LogP contribution in [0.15, 0.2) is 122 Å². The zero-order valence-corrected chi connectivity index (χ0v) is 20.7. The lowest BCUT2D eigenvalue weighted by molar-refractivity contribution is 0.588. The molecule has 6 heteroatoms. The molecule has 6 nitrogen and oxygen atoms in total. The zero-order chi connectivity index (χ0) is 25.2. The lowest BCUT2D eigenvalue weighted by Crippen LogP contribution is -2.23. The molecule has 0 unspecified atom stereocenters. The number of pyridine rings is 2. The van der Waals surface area contributed by atoms with E-state index in [0.717, 1.165) is 45.5 Å². The fourth-order valence-electron chi connectivity index (χ4n) is 4.36. The quantitative estimate of drug-likeness (QED) is 0.272. The van der Waals surface area contributed by atoms with E-state index in [-0.39, 0.29) is 0 Å². The molecule has 0 aliphatic carbocycles. The van der Waals surface area contributed by atoms with Crippen LogP contribution < -0.4 is 0 Å². The van der Waals surface area contributed by atoms with E-state index in [4.69, 9.17) is 20.2 Å². The average molecular weight is 483 g/mol. The fraction of sp³-hybridized carbons (Fsp3) is 0.0968. The summed E-state index contributed by atoms with van der Waals surface area (Å²) in [5, 5.41) is 9.51. The van der Waals surface area contributed by atoms with Crippen LogP contribution in [0.25, 0.3) is 34.2 Å². The topological polar surface area (TPSA) is 61.4 Å². The van der Waals surface area contributed by atoms with Gasteiger partial charge in [0.05, 0.1) is 22.8 Å². The van der Waals surface area contributed by atoms with Crippen LogP contribution in [0.5, 0.6) is 0 Å². The smallest absolute Gasteiger partial charge is 0.153 e. The third-order valence-electron chi connectivity index (χ3n) is 6.54. The molecule has 0 bridgehead atoms. The van der Waals surface area contributed by atoms with Crippen molar-refractivity contribution in [3.8, 4) is 34.2 Å². The Bertz CT molecular complexity index is 1520. The maximum atomic E-state index is 4.98. The van der Waals surface area contributed by atoms with Crippen molar-refractivity contribution in [2.45, 2.75) is 19.3 Å². The highest BCUT2D eigenvalue weighted by atomic mass is 15.3. The minimum atomic E-state index is -0.434. The molecule has 4 heterocycles. The lowest BCUT2D eigenvalue weighted by Gasteiger charge is -2.24. The largest absolute Gasteiger partial charge is 0.233 e. The first-order valence-electron chi connectivity index (χ1n) is 12.3. The molecular formula is C31H26N6. The van der Waals surface area contributed by atoms with Crippen LogP contribution in [0.2, 0.25) is 0 Å². The van der Waals surface area contributed by atoms with Gasteiger partial charge in [-0.15, -0.1) is 0 Å². The molecule has 6 rings (SSSR count). The van der Waals surface area contributed by atoms with Gasteiger partial charge in [-0.3, -0.25) is 0 Å². The molecule has 0 aliphatic rings. The first-order chi connectivity index (χ1) is 18.1. The maximum Gasteiger partial charge on any atom is 0.153 e. The van der Waals surface area contributed by atoms with Crippen LogP contribution in [0.1, 0.15) is 25.2 Å². The van der Waals surface area contributed by atoms with Gasteiger partial charge in [0, 0.05) is 28.9 Å². The van der Waals surface area contributed by atoms with Crippen LogP contribution in [0.3, 0.4) is 0 Å². The van der Waals surface area contributed by atoms with Gasteiger partial charge < -0.3 is 0 Å². The molecule has 0 aliphatic heterocycles. The number of nitrogens with zero attached hydrogens (tertiary/aromatic N) is 6. The highest BCUT2D eigenvalue weighted by Crippen LogP contribution is 2.30. The molecule has 6 aromatic rings. The standard InChI is InChI=1S/C31H26N6/c1-31(2,27-15-9-17-29(32-27)36-21-19-25(34-36)23-11-5-3-6-12-23)28-16-10-18-30(33-28)37-22-20-26(35-37)24-13-7-4-8-14-24/h3-22H,1-2H3. The molecular weight excluding hydrogens is 456 g/mol. The number of benzene rings is 2. The van der Waals surface area contributed by atoms with E-state index in [1.165, 1.54) is 0 Å². The van der Waals surface area contributed by atoms with Gasteiger partial charge in [0.25, 0.3) is 0 Å². The summed E-state index contributed by atoms with van der Waals surface area (Å²) in [7, 11) is 0. The van der Waals surface area contributed by atoms with E-state index < -0.39 is 5.41 Å². The summed E-state index contributed by atoms with van der Waals surface area (Å²) in [5.41, 5.74) is 5.37. The summed E-state index contributed by atoms with van der Waals surface area (Å²) in [4.78, 5) is 9.96. The molecule has 0 amide bonds. The van der Waals surface area contributed by atoms with Gasteiger partial charge in [-0.05, 0) is 50.2 Å². The monoisotopic (exact) mass is 482 g/mol. The Hall–Kier alpha value is -4.84. The van der Waals surface area contributed by atoms with E-state index >= 15 is 0 Å². The molecule has 180 valence electrons. The summed E-state index contributed by atoms with van der Waals surface area (Å²) in [6.45, 7) is 4.28. The Balaban J connectivity index is 1.30. The van der Waals surface area contributed by atoms with Gasteiger partial charge in [0.2, 0.25) is 0 Å². The normalized spacial score (nSPS) is 11.5. The molecule has 0 fully saturated rings. The van der Waals surface area contributed by atoms with Gasteiger partial charge >= 0.3 is 0 Å². The van der Waals surface area contributed by atoms with E-state index in [0.29, 0.717) is 0 Å². The summed E-state index contributed by atoms with van der Waals surface area (Å²) >= 11 is 0. The second kappa shape index (κ2) is 9.32.